The van der Waals surface area contributed by atoms with Gasteiger partial charge in [-0.2, -0.15) is 10.4 Å². The van der Waals surface area contributed by atoms with Crippen molar-refractivity contribution in [2.24, 2.45) is 5.41 Å². The van der Waals surface area contributed by atoms with Crippen LogP contribution >= 0.6 is 11.6 Å². The fourth-order valence-electron chi connectivity index (χ4n) is 5.52. The van der Waals surface area contributed by atoms with E-state index in [-0.39, 0.29) is 17.1 Å². The molecule has 1 atom stereocenters. The molecule has 8 heteroatoms. The first-order valence-corrected chi connectivity index (χ1v) is 12.1. The van der Waals surface area contributed by atoms with Gasteiger partial charge in [-0.05, 0) is 29.5 Å². The number of nitrogens with zero attached hydrogens (tertiary/aromatic N) is 3. The molecule has 1 aromatic heterocycles. The third-order valence-corrected chi connectivity index (χ3v) is 7.28. The van der Waals surface area contributed by atoms with E-state index in [1.54, 1.807) is 17.0 Å². The predicted octanol–water partition coefficient (Wildman–Crippen LogP) is 5.46. The molecule has 3 heterocycles. The summed E-state index contributed by atoms with van der Waals surface area (Å²) >= 11 is 6.13. The Morgan fingerprint density at radius 2 is 1.81 bits per heavy atom. The first kappa shape index (κ1) is 22.3. The molecule has 3 aliphatic rings. The normalized spacial score (nSPS) is 20.4. The first-order valence-electron chi connectivity index (χ1n) is 11.7. The van der Waals surface area contributed by atoms with Gasteiger partial charge >= 0.3 is 0 Å². The van der Waals surface area contributed by atoms with Crippen LogP contribution in [-0.4, -0.2) is 21.9 Å². The molecule has 0 radical (unpaired) electrons. The number of nitrogens with one attached hydrogen (secondary N) is 2. The fourth-order valence-corrected chi connectivity index (χ4v) is 5.65. The van der Waals surface area contributed by atoms with E-state index in [1.807, 2.05) is 42.5 Å². The Hall–Kier alpha value is -4.15. The van der Waals surface area contributed by atoms with Gasteiger partial charge in [0.1, 0.15) is 11.4 Å². The van der Waals surface area contributed by atoms with Crippen molar-refractivity contribution in [2.75, 3.05) is 4.90 Å². The molecule has 0 saturated carbocycles. The summed E-state index contributed by atoms with van der Waals surface area (Å²) in [6.45, 7) is 4.11. The van der Waals surface area contributed by atoms with Crippen molar-refractivity contribution in [3.05, 3.63) is 93.4 Å². The summed E-state index contributed by atoms with van der Waals surface area (Å²) in [6.07, 6.45) is 0.954. The SMILES string of the molecule is CC1(C)CC(=O)C2=C(C1)N1C(=C(C#N)C2c2ccc(Cl)cc2)NC(=O)c2c1n[nH]c2-c1ccccc1. The Bertz CT molecular complexity index is 1540. The number of nitriles is 1. The lowest BCUT2D eigenvalue weighted by molar-refractivity contribution is -0.118. The topological polar surface area (TPSA) is 102 Å². The van der Waals surface area contributed by atoms with Crippen LogP contribution in [0.1, 0.15) is 48.5 Å². The first-order chi connectivity index (χ1) is 17.3. The highest BCUT2D eigenvalue weighted by atomic mass is 35.5. The van der Waals surface area contributed by atoms with Crippen LogP contribution < -0.4 is 10.2 Å². The Labute approximate surface area is 213 Å². The quantitative estimate of drug-likeness (QED) is 0.491. The number of carbonyl (C=O) groups excluding carboxylic acids is 2. The zero-order valence-electron chi connectivity index (χ0n) is 19.7. The van der Waals surface area contributed by atoms with Crippen molar-refractivity contribution < 1.29 is 9.59 Å². The van der Waals surface area contributed by atoms with Crippen LogP contribution in [0.4, 0.5) is 5.82 Å². The second-order valence-corrected chi connectivity index (χ2v) is 10.5. The minimum Gasteiger partial charge on any atom is -0.307 e. The number of halogens is 1. The number of aromatic nitrogens is 2. The molecule has 7 nitrogen and oxygen atoms in total. The summed E-state index contributed by atoms with van der Waals surface area (Å²) in [7, 11) is 0. The minimum absolute atomic E-state index is 0.00901. The van der Waals surface area contributed by atoms with Gasteiger partial charge in [0.2, 0.25) is 0 Å². The molecule has 6 rings (SSSR count). The van der Waals surface area contributed by atoms with Crippen LogP contribution in [0.15, 0.2) is 77.3 Å². The minimum atomic E-state index is -0.605. The zero-order valence-corrected chi connectivity index (χ0v) is 20.5. The maximum absolute atomic E-state index is 13.7. The number of aromatic amines is 1. The second-order valence-electron chi connectivity index (χ2n) is 10.1. The Morgan fingerprint density at radius 3 is 2.50 bits per heavy atom. The lowest BCUT2D eigenvalue weighted by Gasteiger charge is -2.45. The van der Waals surface area contributed by atoms with E-state index in [2.05, 4.69) is 35.4 Å². The van der Waals surface area contributed by atoms with Crippen LogP contribution in [0.3, 0.4) is 0 Å². The number of benzene rings is 2. The highest BCUT2D eigenvalue weighted by molar-refractivity contribution is 6.30. The number of Topliss-reactive ketones (excluding diaryl/α,β-unsaturated/α-hetero) is 1. The lowest BCUT2D eigenvalue weighted by atomic mass is 9.68. The Morgan fingerprint density at radius 1 is 1.08 bits per heavy atom. The van der Waals surface area contributed by atoms with Crippen molar-refractivity contribution in [3.63, 3.8) is 0 Å². The van der Waals surface area contributed by atoms with Crippen molar-refractivity contribution in [1.29, 1.82) is 5.26 Å². The summed E-state index contributed by atoms with van der Waals surface area (Å²) in [5, 5.41) is 21.4. The van der Waals surface area contributed by atoms with Gasteiger partial charge in [0.15, 0.2) is 11.6 Å². The molecular weight excluding hydrogens is 474 g/mol. The van der Waals surface area contributed by atoms with E-state index in [1.165, 1.54) is 0 Å². The average molecular weight is 496 g/mol. The highest BCUT2D eigenvalue weighted by Crippen LogP contribution is 2.52. The molecule has 36 heavy (non-hydrogen) atoms. The van der Waals surface area contributed by atoms with Gasteiger partial charge in [0, 0.05) is 28.3 Å². The number of hydrogen-bond donors (Lipinski definition) is 2. The van der Waals surface area contributed by atoms with Gasteiger partial charge in [0.05, 0.1) is 23.3 Å². The molecular formula is C28H22ClN5O2. The number of anilines is 1. The number of H-pyrrole nitrogens is 1. The number of allylic oxidation sites excluding steroid dienone is 3. The third kappa shape index (κ3) is 3.29. The molecule has 2 aromatic carbocycles. The average Bonchev–Trinajstić information content (AvgIpc) is 3.29. The van der Waals surface area contributed by atoms with E-state index in [9.17, 15) is 14.9 Å². The van der Waals surface area contributed by atoms with Crippen molar-refractivity contribution in [1.82, 2.24) is 15.5 Å². The van der Waals surface area contributed by atoms with Gasteiger partial charge in [0.25, 0.3) is 5.91 Å². The highest BCUT2D eigenvalue weighted by Gasteiger charge is 2.48. The van der Waals surface area contributed by atoms with Crippen LogP contribution in [0, 0.1) is 16.7 Å². The van der Waals surface area contributed by atoms with Crippen molar-refractivity contribution in [3.8, 4) is 17.3 Å². The molecule has 3 aromatic rings. The maximum Gasteiger partial charge on any atom is 0.262 e. The number of rotatable bonds is 2. The van der Waals surface area contributed by atoms with Crippen LogP contribution in [0.25, 0.3) is 11.3 Å². The van der Waals surface area contributed by atoms with Crippen molar-refractivity contribution >= 4 is 29.1 Å². The third-order valence-electron chi connectivity index (χ3n) is 7.03. The Kier molecular flexibility index (Phi) is 4.92. The van der Waals surface area contributed by atoms with Gasteiger partial charge in [-0.25, -0.2) is 0 Å². The predicted molar refractivity (Wildman–Crippen MR) is 136 cm³/mol. The maximum atomic E-state index is 13.7. The smallest absolute Gasteiger partial charge is 0.262 e. The van der Waals surface area contributed by atoms with Crippen LogP contribution in [-0.2, 0) is 4.79 Å². The fraction of sp³-hybridized carbons (Fsp3) is 0.214. The number of fused-ring (bicyclic) bond motifs is 4. The lowest BCUT2D eigenvalue weighted by Crippen LogP contribution is -2.48. The number of hydrogen-bond acceptors (Lipinski definition) is 5. The van der Waals surface area contributed by atoms with Crippen LogP contribution in [0.2, 0.25) is 5.02 Å². The standard InChI is InChI=1S/C28H22ClN5O2/c1-28(2)12-19-22(20(35)13-28)21(15-8-10-17(29)11-9-15)18(14-30)25-31-27(36)23-24(16-6-4-3-5-7-16)32-33-26(23)34(19)25/h3-11,21H,12-13H2,1-2H3,(H,31,36)(H,32,33). The number of ketones is 1. The summed E-state index contributed by atoms with van der Waals surface area (Å²) in [6, 6.07) is 18.9. The molecule has 1 aliphatic carbocycles. The molecule has 1 amide bonds. The monoisotopic (exact) mass is 495 g/mol. The van der Waals surface area contributed by atoms with Gasteiger partial charge < -0.3 is 5.32 Å². The van der Waals surface area contributed by atoms with E-state index in [4.69, 9.17) is 11.6 Å². The Balaban J connectivity index is 1.62. The van der Waals surface area contributed by atoms with Crippen LogP contribution in [0.5, 0.6) is 0 Å². The number of amides is 1. The van der Waals surface area contributed by atoms with E-state index in [0.717, 1.165) is 16.8 Å². The molecule has 0 spiro atoms. The molecule has 1 unspecified atom stereocenters. The largest absolute Gasteiger partial charge is 0.307 e. The summed E-state index contributed by atoms with van der Waals surface area (Å²) in [5.41, 5.74) is 3.90. The van der Waals surface area contributed by atoms with Gasteiger partial charge in [-0.3, -0.25) is 19.6 Å². The molecule has 0 bridgehead atoms. The summed E-state index contributed by atoms with van der Waals surface area (Å²) in [5.74, 6) is -0.216. The zero-order chi connectivity index (χ0) is 25.2. The van der Waals surface area contributed by atoms with Gasteiger partial charge in [-0.1, -0.05) is 67.9 Å². The van der Waals surface area contributed by atoms with Crippen molar-refractivity contribution in [2.45, 2.75) is 32.6 Å². The molecule has 0 saturated heterocycles. The number of carbonyl (C=O) groups is 2. The van der Waals surface area contributed by atoms with E-state index < -0.39 is 5.92 Å². The summed E-state index contributed by atoms with van der Waals surface area (Å²) in [4.78, 5) is 28.9. The molecule has 2 N–H and O–H groups in total. The molecule has 0 fully saturated rings. The molecule has 178 valence electrons. The molecule has 2 aliphatic heterocycles. The second kappa shape index (κ2) is 7.94. The van der Waals surface area contributed by atoms with E-state index >= 15 is 0 Å². The summed E-state index contributed by atoms with van der Waals surface area (Å²) < 4.78 is 0. The van der Waals surface area contributed by atoms with E-state index in [0.29, 0.717) is 51.9 Å². The van der Waals surface area contributed by atoms with Gasteiger partial charge in [-0.15, -0.1) is 0 Å².